The molecule has 0 fully saturated rings. The fourth-order valence-corrected chi connectivity index (χ4v) is 2.73. The smallest absolute Gasteiger partial charge is 0.254 e. The average Bonchev–Trinajstić information content (AvgIpc) is 2.45. The van der Waals surface area contributed by atoms with Gasteiger partial charge in [0.25, 0.3) is 5.91 Å². The first-order chi connectivity index (χ1) is 9.90. The van der Waals surface area contributed by atoms with Crippen LogP contribution in [-0.4, -0.2) is 47.7 Å². The summed E-state index contributed by atoms with van der Waals surface area (Å²) in [7, 11) is 4.04. The zero-order valence-electron chi connectivity index (χ0n) is 12.9. The van der Waals surface area contributed by atoms with E-state index in [0.717, 1.165) is 12.8 Å². The number of rotatable bonds is 7. The highest BCUT2D eigenvalue weighted by molar-refractivity contribution is 6.34. The van der Waals surface area contributed by atoms with Crippen molar-refractivity contribution in [3.8, 4) is 0 Å². The summed E-state index contributed by atoms with van der Waals surface area (Å²) in [5, 5.41) is 10.3. The zero-order chi connectivity index (χ0) is 16.0. The van der Waals surface area contributed by atoms with Gasteiger partial charge < -0.3 is 10.2 Å². The van der Waals surface area contributed by atoms with Gasteiger partial charge in [0.1, 0.15) is 0 Å². The minimum Gasteiger partial charge on any atom is -0.350 e. The minimum absolute atomic E-state index is 0.0563. The number of nitrogens with zero attached hydrogens (tertiary/aromatic N) is 3. The molecule has 1 N–H and O–H groups in total. The number of carbonyl (C=O) groups excluding carboxylic acids is 1. The highest BCUT2D eigenvalue weighted by Crippen LogP contribution is 2.18. The quantitative estimate of drug-likeness (QED) is 0.834. The maximum Gasteiger partial charge on any atom is 0.254 e. The van der Waals surface area contributed by atoms with E-state index in [1.807, 2.05) is 14.1 Å². The second-order valence-electron chi connectivity index (χ2n) is 5.19. The molecule has 21 heavy (non-hydrogen) atoms. The van der Waals surface area contributed by atoms with Crippen molar-refractivity contribution in [2.75, 3.05) is 20.6 Å². The predicted molar refractivity (Wildman–Crippen MR) is 85.9 cm³/mol. The largest absolute Gasteiger partial charge is 0.350 e. The van der Waals surface area contributed by atoms with Crippen LogP contribution in [-0.2, 0) is 0 Å². The van der Waals surface area contributed by atoms with E-state index in [4.69, 9.17) is 23.2 Å². The van der Waals surface area contributed by atoms with E-state index >= 15 is 0 Å². The third-order valence-electron chi connectivity index (χ3n) is 3.69. The Hall–Kier alpha value is -0.910. The Bertz CT molecular complexity index is 478. The number of amides is 1. The van der Waals surface area contributed by atoms with Crippen LogP contribution >= 0.6 is 23.2 Å². The van der Waals surface area contributed by atoms with Crippen LogP contribution in [0, 0.1) is 5.92 Å². The van der Waals surface area contributed by atoms with Crippen molar-refractivity contribution in [2.24, 2.45) is 5.92 Å². The second kappa shape index (κ2) is 8.51. The third-order valence-corrected chi connectivity index (χ3v) is 4.16. The molecule has 1 aromatic heterocycles. The number of aromatic nitrogens is 2. The first kappa shape index (κ1) is 18.1. The van der Waals surface area contributed by atoms with Crippen molar-refractivity contribution in [1.29, 1.82) is 0 Å². The Labute approximate surface area is 136 Å². The van der Waals surface area contributed by atoms with Gasteiger partial charge in [0, 0.05) is 12.6 Å². The number of hydrogen-bond donors (Lipinski definition) is 1. The standard InChI is InChI=1S/C14H22Cl2N4O/c1-5-9(6-2)11(20(3)4)8-17-14(21)10-7-12(15)18-19-13(10)16/h7,9,11H,5-6,8H2,1-4H3,(H,17,21). The maximum absolute atomic E-state index is 12.2. The van der Waals surface area contributed by atoms with Crippen molar-refractivity contribution in [3.63, 3.8) is 0 Å². The van der Waals surface area contributed by atoms with E-state index < -0.39 is 0 Å². The molecule has 0 aliphatic rings. The van der Waals surface area contributed by atoms with Crippen LogP contribution in [0.2, 0.25) is 10.3 Å². The Balaban J connectivity index is 2.75. The maximum atomic E-state index is 12.2. The van der Waals surface area contributed by atoms with Crippen molar-refractivity contribution in [3.05, 3.63) is 21.9 Å². The molecular weight excluding hydrogens is 311 g/mol. The predicted octanol–water partition coefficient (Wildman–Crippen LogP) is 2.88. The van der Waals surface area contributed by atoms with E-state index in [-0.39, 0.29) is 27.8 Å². The first-order valence-electron chi connectivity index (χ1n) is 7.04. The summed E-state index contributed by atoms with van der Waals surface area (Å²) in [6.07, 6.45) is 2.14. The third kappa shape index (κ3) is 5.09. The van der Waals surface area contributed by atoms with Crippen molar-refractivity contribution in [1.82, 2.24) is 20.4 Å². The lowest BCUT2D eigenvalue weighted by molar-refractivity contribution is 0.0928. The van der Waals surface area contributed by atoms with Gasteiger partial charge in [0.05, 0.1) is 5.56 Å². The number of likely N-dealkylation sites (N-methyl/N-ethyl adjacent to an activating group) is 1. The summed E-state index contributed by atoms with van der Waals surface area (Å²) in [6.45, 7) is 4.88. The molecule has 1 amide bonds. The van der Waals surface area contributed by atoms with Crippen molar-refractivity contribution in [2.45, 2.75) is 32.7 Å². The van der Waals surface area contributed by atoms with Crippen LogP contribution in [0.25, 0.3) is 0 Å². The van der Waals surface area contributed by atoms with Crippen molar-refractivity contribution >= 4 is 29.1 Å². The van der Waals surface area contributed by atoms with Crippen LogP contribution < -0.4 is 5.32 Å². The van der Waals surface area contributed by atoms with Gasteiger partial charge in [0.15, 0.2) is 10.3 Å². The molecular formula is C14H22Cl2N4O. The van der Waals surface area contributed by atoms with Crippen LogP contribution in [0.5, 0.6) is 0 Å². The Morgan fingerprint density at radius 2 is 1.90 bits per heavy atom. The number of hydrogen-bond acceptors (Lipinski definition) is 4. The molecule has 1 unspecified atom stereocenters. The van der Waals surface area contributed by atoms with Gasteiger partial charge in [-0.25, -0.2) is 0 Å². The molecule has 0 saturated heterocycles. The van der Waals surface area contributed by atoms with Crippen molar-refractivity contribution < 1.29 is 4.79 Å². The number of carbonyl (C=O) groups is 1. The Morgan fingerprint density at radius 3 is 2.43 bits per heavy atom. The van der Waals surface area contributed by atoms with Crippen LogP contribution in [0.15, 0.2) is 6.07 Å². The molecule has 1 aromatic rings. The lowest BCUT2D eigenvalue weighted by Crippen LogP contribution is -2.44. The van der Waals surface area contributed by atoms with E-state index in [1.54, 1.807) is 0 Å². The van der Waals surface area contributed by atoms with Gasteiger partial charge >= 0.3 is 0 Å². The zero-order valence-corrected chi connectivity index (χ0v) is 14.4. The van der Waals surface area contributed by atoms with E-state index in [9.17, 15) is 4.79 Å². The normalized spacial score (nSPS) is 12.8. The highest BCUT2D eigenvalue weighted by atomic mass is 35.5. The van der Waals surface area contributed by atoms with Crippen LogP contribution in [0.1, 0.15) is 37.0 Å². The highest BCUT2D eigenvalue weighted by Gasteiger charge is 2.22. The summed E-state index contributed by atoms with van der Waals surface area (Å²) in [6, 6.07) is 1.70. The molecule has 5 nitrogen and oxygen atoms in total. The van der Waals surface area contributed by atoms with Gasteiger partial charge in [-0.2, -0.15) is 0 Å². The molecule has 0 spiro atoms. The topological polar surface area (TPSA) is 58.1 Å². The van der Waals surface area contributed by atoms with Gasteiger partial charge in [0.2, 0.25) is 0 Å². The number of halogens is 2. The lowest BCUT2D eigenvalue weighted by Gasteiger charge is -2.31. The molecule has 1 heterocycles. The van der Waals surface area contributed by atoms with Crippen LogP contribution in [0.4, 0.5) is 0 Å². The molecule has 1 atom stereocenters. The molecule has 0 aromatic carbocycles. The Morgan fingerprint density at radius 1 is 1.29 bits per heavy atom. The van der Waals surface area contributed by atoms with Gasteiger partial charge in [-0.05, 0) is 26.1 Å². The Kier molecular flexibility index (Phi) is 7.35. The fourth-order valence-electron chi connectivity index (χ4n) is 2.41. The summed E-state index contributed by atoms with van der Waals surface area (Å²) in [5.74, 6) is 0.240. The summed E-state index contributed by atoms with van der Waals surface area (Å²) < 4.78 is 0. The molecule has 0 saturated carbocycles. The molecule has 0 radical (unpaired) electrons. The minimum atomic E-state index is -0.283. The van der Waals surface area contributed by atoms with Gasteiger partial charge in [-0.1, -0.05) is 49.9 Å². The summed E-state index contributed by atoms with van der Waals surface area (Å²) >= 11 is 11.6. The molecule has 118 valence electrons. The molecule has 1 rings (SSSR count). The lowest BCUT2D eigenvalue weighted by atomic mass is 9.93. The van der Waals surface area contributed by atoms with Gasteiger partial charge in [-0.3, -0.25) is 4.79 Å². The summed E-state index contributed by atoms with van der Waals surface area (Å²) in [5.41, 5.74) is 0.249. The second-order valence-corrected chi connectivity index (χ2v) is 5.93. The molecule has 0 aliphatic heterocycles. The van der Waals surface area contributed by atoms with E-state index in [1.165, 1.54) is 6.07 Å². The number of nitrogens with one attached hydrogen (secondary N) is 1. The van der Waals surface area contributed by atoms with E-state index in [2.05, 4.69) is 34.3 Å². The van der Waals surface area contributed by atoms with E-state index in [0.29, 0.717) is 12.5 Å². The molecule has 7 heteroatoms. The first-order valence-corrected chi connectivity index (χ1v) is 7.79. The average molecular weight is 333 g/mol. The summed E-state index contributed by atoms with van der Waals surface area (Å²) in [4.78, 5) is 14.3. The van der Waals surface area contributed by atoms with Gasteiger partial charge in [-0.15, -0.1) is 10.2 Å². The fraction of sp³-hybridized carbons (Fsp3) is 0.643. The molecule has 0 bridgehead atoms. The van der Waals surface area contributed by atoms with Crippen LogP contribution in [0.3, 0.4) is 0 Å². The molecule has 0 aliphatic carbocycles. The monoisotopic (exact) mass is 332 g/mol. The SMILES string of the molecule is CCC(CC)C(CNC(=O)c1cc(Cl)nnc1Cl)N(C)C.